The van der Waals surface area contributed by atoms with Crippen molar-refractivity contribution in [2.24, 2.45) is 0 Å². The molecular formula is C15H15O3P. The summed E-state index contributed by atoms with van der Waals surface area (Å²) in [6.07, 6.45) is 0. The summed E-state index contributed by atoms with van der Waals surface area (Å²) in [7, 11) is 3.23. The molecule has 0 aliphatic carbocycles. The lowest BCUT2D eigenvalue weighted by Gasteiger charge is -2.09. The largest absolute Gasteiger partial charge is 0.497 e. The zero-order chi connectivity index (χ0) is 13.7. The number of benzene rings is 2. The molecule has 2 aromatic rings. The zero-order valence-corrected chi connectivity index (χ0v) is 11.8. The summed E-state index contributed by atoms with van der Waals surface area (Å²) in [5.74, 6) is 1.23. The third-order valence-corrected chi connectivity index (χ3v) is 3.80. The van der Waals surface area contributed by atoms with Crippen molar-refractivity contribution in [3.63, 3.8) is 0 Å². The minimum atomic E-state index is 0.0608. The molecule has 0 aliphatic heterocycles. The highest BCUT2D eigenvalue weighted by molar-refractivity contribution is 7.66. The molecule has 4 heteroatoms. The Labute approximate surface area is 114 Å². The minimum absolute atomic E-state index is 0.0608. The van der Waals surface area contributed by atoms with Gasteiger partial charge in [0.2, 0.25) is 0 Å². The Morgan fingerprint density at radius 3 is 2.37 bits per heavy atom. The van der Waals surface area contributed by atoms with Crippen molar-refractivity contribution in [1.29, 1.82) is 0 Å². The van der Waals surface area contributed by atoms with Crippen LogP contribution in [-0.4, -0.2) is 19.7 Å². The molecule has 0 saturated carbocycles. The van der Waals surface area contributed by atoms with Crippen molar-refractivity contribution in [3.05, 3.63) is 54.1 Å². The van der Waals surface area contributed by atoms with Crippen molar-refractivity contribution in [2.45, 2.75) is 0 Å². The maximum absolute atomic E-state index is 12.3. The molecule has 19 heavy (non-hydrogen) atoms. The van der Waals surface area contributed by atoms with Crippen molar-refractivity contribution in [1.82, 2.24) is 0 Å². The number of hydrogen-bond donors (Lipinski definition) is 0. The van der Waals surface area contributed by atoms with E-state index in [-0.39, 0.29) is 14.1 Å². The van der Waals surface area contributed by atoms with Gasteiger partial charge >= 0.3 is 0 Å². The first-order chi connectivity index (χ1) is 9.24. The molecule has 0 fully saturated rings. The second kappa shape index (κ2) is 6.35. The van der Waals surface area contributed by atoms with Gasteiger partial charge in [0.05, 0.1) is 19.8 Å². The molecule has 3 nitrogen and oxygen atoms in total. The quantitative estimate of drug-likeness (QED) is 0.786. The Bertz CT molecular complexity index is 567. The first-order valence-corrected chi connectivity index (χ1v) is 6.83. The Morgan fingerprint density at radius 2 is 1.74 bits per heavy atom. The van der Waals surface area contributed by atoms with Crippen LogP contribution in [0.4, 0.5) is 0 Å². The average Bonchev–Trinajstić information content (AvgIpc) is 2.47. The van der Waals surface area contributed by atoms with Crippen LogP contribution in [0.2, 0.25) is 0 Å². The van der Waals surface area contributed by atoms with E-state index in [1.807, 2.05) is 30.3 Å². The van der Waals surface area contributed by atoms with Crippen molar-refractivity contribution in [2.75, 3.05) is 14.2 Å². The van der Waals surface area contributed by atoms with E-state index in [0.717, 1.165) is 5.30 Å². The lowest BCUT2D eigenvalue weighted by Crippen LogP contribution is -2.02. The highest BCUT2D eigenvalue weighted by Gasteiger charge is 2.13. The second-order valence-electron chi connectivity index (χ2n) is 3.89. The van der Waals surface area contributed by atoms with Crippen LogP contribution in [-0.2, 0) is 0 Å². The molecule has 0 aliphatic rings. The van der Waals surface area contributed by atoms with Crippen LogP contribution in [0.25, 0.3) is 0 Å². The Kier molecular flexibility index (Phi) is 4.53. The number of hydrogen-bond acceptors (Lipinski definition) is 3. The summed E-state index contributed by atoms with van der Waals surface area (Å²) < 4.78 is 10.4. The lowest BCUT2D eigenvalue weighted by atomic mass is 10.2. The van der Waals surface area contributed by atoms with E-state index < -0.39 is 0 Å². The minimum Gasteiger partial charge on any atom is -0.497 e. The molecule has 1 atom stereocenters. The summed E-state index contributed by atoms with van der Waals surface area (Å²) in [5.41, 5.74) is 0.649. The molecule has 2 aromatic carbocycles. The van der Waals surface area contributed by atoms with Crippen LogP contribution < -0.4 is 14.8 Å². The maximum atomic E-state index is 12.3. The van der Waals surface area contributed by atoms with Gasteiger partial charge in [0, 0.05) is 6.07 Å². The van der Waals surface area contributed by atoms with Gasteiger partial charge in [0.15, 0.2) is 5.52 Å². The third-order valence-electron chi connectivity index (χ3n) is 2.68. The van der Waals surface area contributed by atoms with Gasteiger partial charge in [-0.25, -0.2) is 0 Å². The Balaban J connectivity index is 2.24. The smallest absolute Gasteiger partial charge is 0.189 e. The Morgan fingerprint density at radius 1 is 1.00 bits per heavy atom. The highest BCUT2D eigenvalue weighted by atomic mass is 31.1. The van der Waals surface area contributed by atoms with Gasteiger partial charge in [-0.3, -0.25) is 4.79 Å². The van der Waals surface area contributed by atoms with Crippen LogP contribution in [0.3, 0.4) is 0 Å². The standard InChI is InChI=1S/C15H15O3P/c1-17-11-8-9-13(14(10-11)18-2)15(16)19-12-6-4-3-5-7-12/h3-10,19H,1-2H3. The summed E-state index contributed by atoms with van der Waals surface area (Å²) in [6, 6.07) is 14.9. The van der Waals surface area contributed by atoms with E-state index in [1.165, 1.54) is 0 Å². The normalized spacial score (nSPS) is 10.6. The molecule has 0 radical (unpaired) electrons. The molecule has 1 unspecified atom stereocenters. The van der Waals surface area contributed by atoms with Crippen molar-refractivity contribution in [3.8, 4) is 11.5 Å². The predicted octanol–water partition coefficient (Wildman–Crippen LogP) is 2.85. The molecule has 0 spiro atoms. The summed E-state index contributed by atoms with van der Waals surface area (Å²) in [4.78, 5) is 12.3. The fraction of sp³-hybridized carbons (Fsp3) is 0.133. The van der Waals surface area contributed by atoms with Crippen LogP contribution in [0, 0.1) is 0 Å². The molecule has 0 amide bonds. The molecular weight excluding hydrogens is 259 g/mol. The summed E-state index contributed by atoms with van der Waals surface area (Å²) in [6.45, 7) is 0. The zero-order valence-electron chi connectivity index (χ0n) is 10.8. The second-order valence-corrected chi connectivity index (χ2v) is 5.17. The van der Waals surface area contributed by atoms with E-state index >= 15 is 0 Å². The number of carbonyl (C=O) groups is 1. The van der Waals surface area contributed by atoms with E-state index in [0.29, 0.717) is 17.1 Å². The molecule has 98 valence electrons. The fourth-order valence-electron chi connectivity index (χ4n) is 1.71. The number of rotatable bonds is 5. The van der Waals surface area contributed by atoms with Crippen LogP contribution >= 0.6 is 8.58 Å². The molecule has 0 N–H and O–H groups in total. The van der Waals surface area contributed by atoms with Crippen LogP contribution in [0.15, 0.2) is 48.5 Å². The van der Waals surface area contributed by atoms with Gasteiger partial charge in [0.25, 0.3) is 0 Å². The molecule has 0 aromatic heterocycles. The first kappa shape index (κ1) is 13.6. The molecule has 0 saturated heterocycles. The number of methoxy groups -OCH3 is 2. The summed E-state index contributed by atoms with van der Waals surface area (Å²) in [5, 5.41) is 1.02. The summed E-state index contributed by atoms with van der Waals surface area (Å²) >= 11 is 0. The van der Waals surface area contributed by atoms with E-state index in [2.05, 4.69) is 0 Å². The average molecular weight is 274 g/mol. The van der Waals surface area contributed by atoms with Gasteiger partial charge in [-0.05, 0) is 26.0 Å². The van der Waals surface area contributed by atoms with Crippen molar-refractivity contribution < 1.29 is 14.3 Å². The number of carbonyl (C=O) groups excluding carboxylic acids is 1. The number of ether oxygens (including phenoxy) is 2. The Hall–Kier alpha value is -1.86. The van der Waals surface area contributed by atoms with Crippen LogP contribution in [0.5, 0.6) is 11.5 Å². The van der Waals surface area contributed by atoms with E-state index in [4.69, 9.17) is 9.47 Å². The van der Waals surface area contributed by atoms with Crippen molar-refractivity contribution >= 4 is 19.4 Å². The first-order valence-electron chi connectivity index (χ1n) is 5.83. The van der Waals surface area contributed by atoms with Gasteiger partial charge < -0.3 is 9.47 Å². The monoisotopic (exact) mass is 274 g/mol. The van der Waals surface area contributed by atoms with Gasteiger partial charge in [-0.15, -0.1) is 0 Å². The van der Waals surface area contributed by atoms with Gasteiger partial charge in [-0.2, -0.15) is 0 Å². The molecule has 0 bridgehead atoms. The fourth-order valence-corrected chi connectivity index (χ4v) is 2.67. The lowest BCUT2D eigenvalue weighted by molar-refractivity contribution is 0.108. The van der Waals surface area contributed by atoms with Gasteiger partial charge in [-0.1, -0.05) is 30.3 Å². The van der Waals surface area contributed by atoms with E-state index in [9.17, 15) is 4.79 Å². The molecule has 0 heterocycles. The van der Waals surface area contributed by atoms with Gasteiger partial charge in [0.1, 0.15) is 11.5 Å². The van der Waals surface area contributed by atoms with E-state index in [1.54, 1.807) is 32.4 Å². The van der Waals surface area contributed by atoms with Crippen LogP contribution in [0.1, 0.15) is 10.4 Å². The molecule has 2 rings (SSSR count). The SMILES string of the molecule is COc1ccc(C(=O)Pc2ccccc2)c(OC)c1. The third kappa shape index (κ3) is 3.33. The predicted molar refractivity (Wildman–Crippen MR) is 78.3 cm³/mol. The topological polar surface area (TPSA) is 35.5 Å². The highest BCUT2D eigenvalue weighted by Crippen LogP contribution is 2.29. The maximum Gasteiger partial charge on any atom is 0.189 e.